The Morgan fingerprint density at radius 3 is 1.73 bits per heavy atom. The number of hydrogen-bond acceptors (Lipinski definition) is 2. The minimum absolute atomic E-state index is 0.128. The Labute approximate surface area is 68.1 Å². The summed E-state index contributed by atoms with van der Waals surface area (Å²) in [5, 5.41) is 0. The Balaban J connectivity index is 4.88. The van der Waals surface area contributed by atoms with Gasteiger partial charge in [0.25, 0.3) is 10.0 Å². The lowest BCUT2D eigenvalue weighted by Crippen LogP contribution is -2.24. The van der Waals surface area contributed by atoms with E-state index in [4.69, 9.17) is 0 Å². The van der Waals surface area contributed by atoms with Gasteiger partial charge >= 0.3 is 0 Å². The van der Waals surface area contributed by atoms with Crippen molar-refractivity contribution in [2.24, 2.45) is 0 Å². The SMILES string of the molecule is C=C(C)N(C)S(=O)(=O)C(=C)C. The van der Waals surface area contributed by atoms with Crippen molar-refractivity contribution in [3.8, 4) is 0 Å². The molecule has 0 unspecified atom stereocenters. The van der Waals surface area contributed by atoms with Gasteiger partial charge < -0.3 is 0 Å². The highest BCUT2D eigenvalue weighted by molar-refractivity contribution is 7.93. The van der Waals surface area contributed by atoms with Gasteiger partial charge in [0.1, 0.15) is 0 Å². The van der Waals surface area contributed by atoms with E-state index in [1.165, 1.54) is 14.0 Å². The van der Waals surface area contributed by atoms with Gasteiger partial charge in [0, 0.05) is 12.7 Å². The molecule has 64 valence electrons. The summed E-state index contributed by atoms with van der Waals surface area (Å²) in [7, 11) is -1.89. The Kier molecular flexibility index (Phi) is 2.87. The molecule has 0 radical (unpaired) electrons. The molecule has 0 saturated carbocycles. The van der Waals surface area contributed by atoms with E-state index in [0.717, 1.165) is 4.31 Å². The summed E-state index contributed by atoms with van der Waals surface area (Å²) in [5.41, 5.74) is 0.480. The normalized spacial score (nSPS) is 10.8. The van der Waals surface area contributed by atoms with Crippen molar-refractivity contribution >= 4 is 10.0 Å². The molecule has 0 fully saturated rings. The Hall–Kier alpha value is -0.770. The van der Waals surface area contributed by atoms with E-state index in [2.05, 4.69) is 13.2 Å². The molecule has 0 aromatic heterocycles. The maximum absolute atomic E-state index is 11.2. The summed E-state index contributed by atoms with van der Waals surface area (Å²) in [6.07, 6.45) is 0. The molecular weight excluding hydrogens is 162 g/mol. The molecule has 0 bridgehead atoms. The van der Waals surface area contributed by atoms with Crippen LogP contribution in [0.25, 0.3) is 0 Å². The molecule has 0 amide bonds. The van der Waals surface area contributed by atoms with Crippen LogP contribution in [-0.2, 0) is 10.0 Å². The van der Waals surface area contributed by atoms with Crippen LogP contribution < -0.4 is 0 Å². The van der Waals surface area contributed by atoms with Gasteiger partial charge in [0.15, 0.2) is 0 Å². The summed E-state index contributed by atoms with van der Waals surface area (Å²) in [5.74, 6) is 0. The van der Waals surface area contributed by atoms with Crippen molar-refractivity contribution in [2.75, 3.05) is 7.05 Å². The molecule has 0 aliphatic carbocycles. The lowest BCUT2D eigenvalue weighted by Gasteiger charge is -2.18. The molecule has 0 aliphatic heterocycles. The molecule has 11 heavy (non-hydrogen) atoms. The molecule has 0 aromatic rings. The molecule has 0 atom stereocenters. The van der Waals surface area contributed by atoms with E-state index < -0.39 is 10.0 Å². The third kappa shape index (κ3) is 2.08. The number of nitrogens with zero attached hydrogens (tertiary/aromatic N) is 1. The molecule has 4 heteroatoms. The van der Waals surface area contributed by atoms with Gasteiger partial charge in [0.2, 0.25) is 0 Å². The van der Waals surface area contributed by atoms with Gasteiger partial charge in [-0.05, 0) is 13.8 Å². The first-order valence-corrected chi connectivity index (χ1v) is 4.54. The maximum atomic E-state index is 11.2. The highest BCUT2D eigenvalue weighted by Gasteiger charge is 2.17. The number of allylic oxidation sites excluding steroid dienone is 2. The summed E-state index contributed by atoms with van der Waals surface area (Å²) >= 11 is 0. The third-order valence-electron chi connectivity index (χ3n) is 1.34. The van der Waals surface area contributed by atoms with Gasteiger partial charge in [0.05, 0.1) is 4.91 Å². The Morgan fingerprint density at radius 1 is 1.27 bits per heavy atom. The predicted molar refractivity (Wildman–Crippen MR) is 46.3 cm³/mol. The summed E-state index contributed by atoms with van der Waals surface area (Å²) < 4.78 is 23.6. The van der Waals surface area contributed by atoms with E-state index in [-0.39, 0.29) is 4.91 Å². The van der Waals surface area contributed by atoms with Gasteiger partial charge in [-0.25, -0.2) is 8.42 Å². The maximum Gasteiger partial charge on any atom is 0.259 e. The molecule has 0 spiro atoms. The summed E-state index contributed by atoms with van der Waals surface area (Å²) in [6.45, 7) is 9.95. The minimum Gasteiger partial charge on any atom is -0.274 e. The smallest absolute Gasteiger partial charge is 0.259 e. The van der Waals surface area contributed by atoms with E-state index in [0.29, 0.717) is 5.70 Å². The minimum atomic E-state index is -3.34. The van der Waals surface area contributed by atoms with Crippen molar-refractivity contribution < 1.29 is 8.42 Å². The molecule has 0 heterocycles. The molecule has 0 N–H and O–H groups in total. The monoisotopic (exact) mass is 175 g/mol. The lowest BCUT2D eigenvalue weighted by atomic mass is 10.6. The van der Waals surface area contributed by atoms with Crippen molar-refractivity contribution in [1.29, 1.82) is 0 Å². The van der Waals surface area contributed by atoms with Crippen LogP contribution in [0.5, 0.6) is 0 Å². The predicted octanol–water partition coefficient (Wildman–Crippen LogP) is 1.32. The number of hydrogen-bond donors (Lipinski definition) is 0. The van der Waals surface area contributed by atoms with Crippen molar-refractivity contribution in [2.45, 2.75) is 13.8 Å². The fourth-order valence-electron chi connectivity index (χ4n) is 0.439. The summed E-state index contributed by atoms with van der Waals surface area (Å²) in [6, 6.07) is 0. The first-order valence-electron chi connectivity index (χ1n) is 3.10. The van der Waals surface area contributed by atoms with E-state index >= 15 is 0 Å². The highest BCUT2D eigenvalue weighted by Crippen LogP contribution is 2.12. The van der Waals surface area contributed by atoms with Crippen LogP contribution in [0.3, 0.4) is 0 Å². The van der Waals surface area contributed by atoms with Crippen LogP contribution in [0.2, 0.25) is 0 Å². The molecule has 0 saturated heterocycles. The average Bonchev–Trinajstić information content (AvgIpc) is 1.85. The zero-order valence-electron chi connectivity index (χ0n) is 7.09. The zero-order valence-corrected chi connectivity index (χ0v) is 7.90. The second-order valence-electron chi connectivity index (χ2n) is 2.41. The van der Waals surface area contributed by atoms with Crippen molar-refractivity contribution in [3.05, 3.63) is 23.8 Å². The van der Waals surface area contributed by atoms with E-state index in [9.17, 15) is 8.42 Å². The summed E-state index contributed by atoms with van der Waals surface area (Å²) in [4.78, 5) is 0.128. The quantitative estimate of drug-likeness (QED) is 0.648. The van der Waals surface area contributed by atoms with E-state index in [1.807, 2.05) is 0 Å². The molecule has 0 aliphatic rings. The molecule has 0 aromatic carbocycles. The fraction of sp³-hybridized carbons (Fsp3) is 0.429. The van der Waals surface area contributed by atoms with Crippen LogP contribution in [-0.4, -0.2) is 19.8 Å². The first kappa shape index (κ1) is 10.2. The third-order valence-corrected chi connectivity index (χ3v) is 3.25. The zero-order chi connectivity index (χ0) is 9.23. The van der Waals surface area contributed by atoms with E-state index in [1.54, 1.807) is 6.92 Å². The molecular formula is C7H13NO2S. The van der Waals surface area contributed by atoms with Gasteiger partial charge in [-0.1, -0.05) is 13.2 Å². The Morgan fingerprint density at radius 2 is 1.64 bits per heavy atom. The van der Waals surface area contributed by atoms with Gasteiger partial charge in [-0.15, -0.1) is 0 Å². The van der Waals surface area contributed by atoms with Crippen LogP contribution in [0.15, 0.2) is 23.8 Å². The van der Waals surface area contributed by atoms with Crippen LogP contribution >= 0.6 is 0 Å². The highest BCUT2D eigenvalue weighted by atomic mass is 32.2. The van der Waals surface area contributed by atoms with Gasteiger partial charge in [-0.2, -0.15) is 0 Å². The standard InChI is InChI=1S/C7H13NO2S/c1-6(2)8(5)11(9,10)7(3)4/h1,3H2,2,4-5H3. The van der Waals surface area contributed by atoms with Gasteiger partial charge in [-0.3, -0.25) is 4.31 Å². The topological polar surface area (TPSA) is 37.4 Å². The molecule has 3 nitrogen and oxygen atoms in total. The van der Waals surface area contributed by atoms with Crippen LogP contribution in [0.4, 0.5) is 0 Å². The van der Waals surface area contributed by atoms with Crippen molar-refractivity contribution in [3.63, 3.8) is 0 Å². The second kappa shape index (κ2) is 3.09. The first-order chi connectivity index (χ1) is 4.80. The number of sulfonamides is 1. The van der Waals surface area contributed by atoms with Crippen LogP contribution in [0, 0.1) is 0 Å². The second-order valence-corrected chi connectivity index (χ2v) is 4.60. The van der Waals surface area contributed by atoms with Crippen molar-refractivity contribution in [1.82, 2.24) is 4.31 Å². The lowest BCUT2D eigenvalue weighted by molar-refractivity contribution is 0.532. The average molecular weight is 175 g/mol. The van der Waals surface area contributed by atoms with Crippen LogP contribution in [0.1, 0.15) is 13.8 Å². The number of rotatable bonds is 3. The fourth-order valence-corrected chi connectivity index (χ4v) is 1.32. The largest absolute Gasteiger partial charge is 0.274 e. The Bertz CT molecular complexity index is 277. The molecule has 0 rings (SSSR count).